The number of hydrogen-bond acceptors (Lipinski definition) is 4. The molecular weight excluding hydrogens is 374 g/mol. The molecule has 1 aromatic heterocycles. The molecule has 0 aliphatic carbocycles. The normalized spacial score (nSPS) is 11.7. The SMILES string of the molecule is Cc1ccccc1C(O)CNC(=O)C(=O)Nc1ncc(Br)cc1C. The van der Waals surface area contributed by atoms with Gasteiger partial charge in [-0.25, -0.2) is 4.98 Å². The zero-order valence-electron chi connectivity index (χ0n) is 13.3. The lowest BCUT2D eigenvalue weighted by molar-refractivity contribution is -0.136. The molecule has 0 aliphatic heterocycles. The molecule has 0 saturated carbocycles. The van der Waals surface area contributed by atoms with Gasteiger partial charge in [0.1, 0.15) is 5.82 Å². The summed E-state index contributed by atoms with van der Waals surface area (Å²) in [6, 6.07) is 9.10. The van der Waals surface area contributed by atoms with E-state index in [0.717, 1.165) is 15.6 Å². The van der Waals surface area contributed by atoms with Gasteiger partial charge < -0.3 is 15.7 Å². The average molecular weight is 392 g/mol. The number of amides is 2. The number of carbonyl (C=O) groups is 2. The number of nitrogens with zero attached hydrogens (tertiary/aromatic N) is 1. The van der Waals surface area contributed by atoms with Gasteiger partial charge in [-0.2, -0.15) is 0 Å². The van der Waals surface area contributed by atoms with Crippen LogP contribution in [0.2, 0.25) is 0 Å². The van der Waals surface area contributed by atoms with E-state index < -0.39 is 17.9 Å². The molecule has 0 aliphatic rings. The lowest BCUT2D eigenvalue weighted by Crippen LogP contribution is -2.38. The minimum Gasteiger partial charge on any atom is -0.387 e. The third-order valence-electron chi connectivity index (χ3n) is 3.49. The zero-order chi connectivity index (χ0) is 17.7. The molecule has 24 heavy (non-hydrogen) atoms. The third kappa shape index (κ3) is 4.62. The van der Waals surface area contributed by atoms with Crippen LogP contribution in [-0.4, -0.2) is 28.4 Å². The number of aliphatic hydroxyl groups is 1. The Morgan fingerprint density at radius 1 is 1.21 bits per heavy atom. The summed E-state index contributed by atoms with van der Waals surface area (Å²) < 4.78 is 0.781. The molecule has 0 bridgehead atoms. The van der Waals surface area contributed by atoms with Gasteiger partial charge in [0.2, 0.25) is 0 Å². The molecule has 1 atom stereocenters. The number of hydrogen-bond donors (Lipinski definition) is 3. The van der Waals surface area contributed by atoms with E-state index in [1.165, 1.54) is 6.20 Å². The largest absolute Gasteiger partial charge is 0.387 e. The van der Waals surface area contributed by atoms with Gasteiger partial charge in [0, 0.05) is 17.2 Å². The number of aryl methyl sites for hydroxylation is 2. The first-order valence-corrected chi connectivity index (χ1v) is 8.12. The minimum absolute atomic E-state index is 0.0517. The van der Waals surface area contributed by atoms with Crippen LogP contribution in [0.4, 0.5) is 5.82 Å². The Morgan fingerprint density at radius 3 is 2.58 bits per heavy atom. The highest BCUT2D eigenvalue weighted by Crippen LogP contribution is 2.17. The van der Waals surface area contributed by atoms with Crippen LogP contribution in [-0.2, 0) is 9.59 Å². The van der Waals surface area contributed by atoms with Crippen LogP contribution in [0.1, 0.15) is 22.8 Å². The van der Waals surface area contributed by atoms with Crippen molar-refractivity contribution in [2.75, 3.05) is 11.9 Å². The van der Waals surface area contributed by atoms with E-state index in [1.807, 2.05) is 25.1 Å². The highest BCUT2D eigenvalue weighted by Gasteiger charge is 2.17. The smallest absolute Gasteiger partial charge is 0.314 e. The highest BCUT2D eigenvalue weighted by molar-refractivity contribution is 9.10. The molecule has 7 heteroatoms. The second-order valence-electron chi connectivity index (χ2n) is 5.36. The van der Waals surface area contributed by atoms with Crippen molar-refractivity contribution in [3.8, 4) is 0 Å². The number of rotatable bonds is 4. The van der Waals surface area contributed by atoms with Crippen LogP contribution in [0.3, 0.4) is 0 Å². The van der Waals surface area contributed by atoms with Gasteiger partial charge in [-0.05, 0) is 52.5 Å². The Balaban J connectivity index is 1.92. The molecule has 0 fully saturated rings. The van der Waals surface area contributed by atoms with Crippen LogP contribution in [0.5, 0.6) is 0 Å². The van der Waals surface area contributed by atoms with Crippen LogP contribution < -0.4 is 10.6 Å². The second-order valence-corrected chi connectivity index (χ2v) is 6.27. The maximum Gasteiger partial charge on any atom is 0.314 e. The van der Waals surface area contributed by atoms with E-state index in [-0.39, 0.29) is 6.54 Å². The standard InChI is InChI=1S/C17H18BrN3O3/c1-10-5-3-4-6-13(10)14(22)9-20-16(23)17(24)21-15-11(2)7-12(18)8-19-15/h3-8,14,22H,9H2,1-2H3,(H,20,23)(H,19,21,24). The summed E-state index contributed by atoms with van der Waals surface area (Å²) in [5.74, 6) is -1.34. The van der Waals surface area contributed by atoms with Gasteiger partial charge in [0.25, 0.3) is 0 Å². The number of benzene rings is 1. The first-order valence-electron chi connectivity index (χ1n) is 7.33. The van der Waals surface area contributed by atoms with Crippen molar-refractivity contribution in [2.45, 2.75) is 20.0 Å². The maximum atomic E-state index is 11.9. The van der Waals surface area contributed by atoms with Crippen molar-refractivity contribution >= 4 is 33.6 Å². The van der Waals surface area contributed by atoms with E-state index in [1.54, 1.807) is 19.1 Å². The fraction of sp³-hybridized carbons (Fsp3) is 0.235. The Labute approximate surface area is 148 Å². The van der Waals surface area contributed by atoms with E-state index in [4.69, 9.17) is 0 Å². The van der Waals surface area contributed by atoms with Crippen molar-refractivity contribution in [1.82, 2.24) is 10.3 Å². The van der Waals surface area contributed by atoms with Crippen LogP contribution in [0.15, 0.2) is 41.0 Å². The van der Waals surface area contributed by atoms with Crippen molar-refractivity contribution in [2.24, 2.45) is 0 Å². The van der Waals surface area contributed by atoms with E-state index in [0.29, 0.717) is 11.4 Å². The number of nitrogens with one attached hydrogen (secondary N) is 2. The number of carbonyl (C=O) groups excluding carboxylic acids is 2. The molecule has 1 aromatic carbocycles. The van der Waals surface area contributed by atoms with Crippen molar-refractivity contribution in [3.63, 3.8) is 0 Å². The van der Waals surface area contributed by atoms with E-state index in [2.05, 4.69) is 31.5 Å². The molecule has 1 unspecified atom stereocenters. The molecule has 0 saturated heterocycles. The predicted octanol–water partition coefficient (Wildman–Crippen LogP) is 2.25. The average Bonchev–Trinajstić information content (AvgIpc) is 2.55. The summed E-state index contributed by atoms with van der Waals surface area (Å²) in [7, 11) is 0. The Morgan fingerprint density at radius 2 is 1.92 bits per heavy atom. The summed E-state index contributed by atoms with van der Waals surface area (Å²) in [6.07, 6.45) is 0.651. The molecule has 2 rings (SSSR count). The Hall–Kier alpha value is -2.25. The number of aromatic nitrogens is 1. The third-order valence-corrected chi connectivity index (χ3v) is 3.92. The topological polar surface area (TPSA) is 91.3 Å². The molecule has 1 heterocycles. The van der Waals surface area contributed by atoms with E-state index >= 15 is 0 Å². The fourth-order valence-corrected chi connectivity index (χ4v) is 2.62. The monoisotopic (exact) mass is 391 g/mol. The number of pyridine rings is 1. The van der Waals surface area contributed by atoms with Gasteiger partial charge >= 0.3 is 11.8 Å². The first-order chi connectivity index (χ1) is 11.4. The molecular formula is C17H18BrN3O3. The summed E-state index contributed by atoms with van der Waals surface area (Å²) in [4.78, 5) is 27.8. The second kappa shape index (κ2) is 8.03. The molecule has 2 amide bonds. The quantitative estimate of drug-likeness (QED) is 0.697. The van der Waals surface area contributed by atoms with Gasteiger partial charge in [-0.1, -0.05) is 24.3 Å². The Kier molecular flexibility index (Phi) is 6.05. The highest BCUT2D eigenvalue weighted by atomic mass is 79.9. The van der Waals surface area contributed by atoms with Crippen LogP contribution in [0.25, 0.3) is 0 Å². The molecule has 0 radical (unpaired) electrons. The van der Waals surface area contributed by atoms with Crippen molar-refractivity contribution in [3.05, 3.63) is 57.7 Å². The van der Waals surface area contributed by atoms with Crippen LogP contribution >= 0.6 is 15.9 Å². The Bertz CT molecular complexity index is 764. The lowest BCUT2D eigenvalue weighted by atomic mass is 10.0. The van der Waals surface area contributed by atoms with Crippen molar-refractivity contribution < 1.29 is 14.7 Å². The van der Waals surface area contributed by atoms with Gasteiger partial charge in [-0.15, -0.1) is 0 Å². The van der Waals surface area contributed by atoms with E-state index in [9.17, 15) is 14.7 Å². The van der Waals surface area contributed by atoms with Gasteiger partial charge in [0.05, 0.1) is 6.10 Å². The molecule has 6 nitrogen and oxygen atoms in total. The summed E-state index contributed by atoms with van der Waals surface area (Å²) in [5, 5.41) is 15.0. The molecule has 3 N–H and O–H groups in total. The zero-order valence-corrected chi connectivity index (χ0v) is 14.9. The van der Waals surface area contributed by atoms with Gasteiger partial charge in [0.15, 0.2) is 0 Å². The van der Waals surface area contributed by atoms with Crippen molar-refractivity contribution in [1.29, 1.82) is 0 Å². The summed E-state index contributed by atoms with van der Waals surface area (Å²) in [5.41, 5.74) is 2.35. The first kappa shape index (κ1) is 18.1. The number of aliphatic hydroxyl groups excluding tert-OH is 1. The molecule has 2 aromatic rings. The maximum absolute atomic E-state index is 11.9. The number of halogens is 1. The lowest BCUT2D eigenvalue weighted by Gasteiger charge is -2.14. The molecule has 126 valence electrons. The predicted molar refractivity (Wildman–Crippen MR) is 94.5 cm³/mol. The summed E-state index contributed by atoms with van der Waals surface area (Å²) in [6.45, 7) is 3.59. The number of anilines is 1. The van der Waals surface area contributed by atoms with Gasteiger partial charge in [-0.3, -0.25) is 9.59 Å². The minimum atomic E-state index is -0.879. The fourth-order valence-electron chi connectivity index (χ4n) is 2.18. The van der Waals surface area contributed by atoms with Crippen LogP contribution in [0, 0.1) is 13.8 Å². The molecule has 0 spiro atoms. The summed E-state index contributed by atoms with van der Waals surface area (Å²) >= 11 is 3.28.